The van der Waals surface area contributed by atoms with Gasteiger partial charge in [-0.1, -0.05) is 6.07 Å². The molecule has 0 aliphatic carbocycles. The average molecular weight is 453 g/mol. The molecule has 2 atom stereocenters. The summed E-state index contributed by atoms with van der Waals surface area (Å²) in [4.78, 5) is 15.2. The van der Waals surface area contributed by atoms with Gasteiger partial charge in [-0.25, -0.2) is 4.68 Å². The van der Waals surface area contributed by atoms with E-state index in [0.29, 0.717) is 6.54 Å². The van der Waals surface area contributed by atoms with Crippen LogP contribution < -0.4 is 5.32 Å². The van der Waals surface area contributed by atoms with Crippen LogP contribution in [0.25, 0.3) is 0 Å². The summed E-state index contributed by atoms with van der Waals surface area (Å²) in [5.41, 5.74) is 2.62. The molecule has 0 bridgehead atoms. The van der Waals surface area contributed by atoms with Crippen LogP contribution in [0, 0.1) is 13.8 Å². The van der Waals surface area contributed by atoms with Crippen LogP contribution in [-0.2, 0) is 13.6 Å². The van der Waals surface area contributed by atoms with E-state index in [-0.39, 0.29) is 17.9 Å². The van der Waals surface area contributed by atoms with E-state index in [9.17, 15) is 18.0 Å². The van der Waals surface area contributed by atoms with E-state index >= 15 is 0 Å². The fraction of sp³-hybridized carbons (Fsp3) is 0.450. The molecular formula is C20H23F3N6OS. The van der Waals surface area contributed by atoms with Gasteiger partial charge in [-0.05, 0) is 25.3 Å². The Bertz CT molecular complexity index is 1100. The number of aromatic nitrogens is 4. The van der Waals surface area contributed by atoms with Crippen molar-refractivity contribution in [1.82, 2.24) is 24.5 Å². The summed E-state index contributed by atoms with van der Waals surface area (Å²) in [5.74, 6) is -0.252. The van der Waals surface area contributed by atoms with Crippen LogP contribution in [-0.4, -0.2) is 43.6 Å². The van der Waals surface area contributed by atoms with Crippen molar-refractivity contribution < 1.29 is 18.0 Å². The number of halogens is 3. The highest BCUT2D eigenvalue weighted by molar-refractivity contribution is 7.10. The first-order chi connectivity index (χ1) is 14.6. The molecule has 0 saturated carbocycles. The molecule has 1 aliphatic rings. The van der Waals surface area contributed by atoms with Crippen molar-refractivity contribution in [1.29, 1.82) is 0 Å². The quantitative estimate of drug-likeness (QED) is 0.644. The van der Waals surface area contributed by atoms with Crippen LogP contribution in [0.15, 0.2) is 23.6 Å². The van der Waals surface area contributed by atoms with E-state index in [1.54, 1.807) is 17.8 Å². The van der Waals surface area contributed by atoms with Gasteiger partial charge in [-0.15, -0.1) is 11.3 Å². The molecule has 11 heteroatoms. The Kier molecular flexibility index (Phi) is 5.32. The van der Waals surface area contributed by atoms with E-state index in [0.717, 1.165) is 26.5 Å². The Morgan fingerprint density at radius 2 is 2.10 bits per heavy atom. The van der Waals surface area contributed by atoms with Crippen molar-refractivity contribution >= 4 is 23.1 Å². The third kappa shape index (κ3) is 3.93. The summed E-state index contributed by atoms with van der Waals surface area (Å²) in [7, 11) is 3.43. The molecule has 0 radical (unpaired) electrons. The average Bonchev–Trinajstić information content (AvgIpc) is 3.42. The van der Waals surface area contributed by atoms with Crippen molar-refractivity contribution in [2.24, 2.45) is 7.05 Å². The molecule has 3 aromatic heterocycles. The maximum atomic E-state index is 13.8. The highest BCUT2D eigenvalue weighted by Crippen LogP contribution is 2.44. The molecule has 1 N–H and O–H groups in total. The zero-order chi connectivity index (χ0) is 22.5. The minimum absolute atomic E-state index is 0.0229. The minimum atomic E-state index is -4.48. The van der Waals surface area contributed by atoms with Crippen LogP contribution >= 0.6 is 11.3 Å². The number of anilines is 1. The normalized spacial score (nSPS) is 18.5. The molecule has 7 nitrogen and oxygen atoms in total. The summed E-state index contributed by atoms with van der Waals surface area (Å²) in [6.45, 7) is 4.06. The number of fused-ring (bicyclic) bond motifs is 1. The molecule has 0 fully saturated rings. The standard InChI is InChI=1S/C20H23F3N6OS/c1-11-13(12(2)28(4)25-11)10-27(3)19(30)15-9-18-24-14(16-6-5-7-31-16)8-17(20(21,22)23)29(18)26-15/h5-7,9,14,17,24H,8,10H2,1-4H3/t14-,17-/m0/s1. The summed E-state index contributed by atoms with van der Waals surface area (Å²) in [6, 6.07) is 2.73. The molecule has 4 heterocycles. The van der Waals surface area contributed by atoms with Crippen LogP contribution in [0.1, 0.15) is 50.8 Å². The molecule has 4 rings (SSSR count). The van der Waals surface area contributed by atoms with E-state index in [2.05, 4.69) is 15.5 Å². The molecule has 166 valence electrons. The number of amides is 1. The summed E-state index contributed by atoms with van der Waals surface area (Å²) >= 11 is 1.40. The van der Waals surface area contributed by atoms with Gasteiger partial charge in [0.25, 0.3) is 5.91 Å². The number of alkyl halides is 3. The Morgan fingerprint density at radius 3 is 2.68 bits per heavy atom. The molecule has 0 spiro atoms. The van der Waals surface area contributed by atoms with Crippen molar-refractivity contribution in [3.05, 3.63) is 51.1 Å². The Morgan fingerprint density at radius 1 is 1.35 bits per heavy atom. The van der Waals surface area contributed by atoms with E-state index in [1.165, 1.54) is 22.3 Å². The first kappa shape index (κ1) is 21.4. The van der Waals surface area contributed by atoms with Gasteiger partial charge in [0.1, 0.15) is 5.82 Å². The van der Waals surface area contributed by atoms with Crippen LogP contribution in [0.5, 0.6) is 0 Å². The lowest BCUT2D eigenvalue weighted by Gasteiger charge is -2.32. The van der Waals surface area contributed by atoms with Gasteiger partial charge in [0, 0.05) is 49.3 Å². The minimum Gasteiger partial charge on any atom is -0.363 e. The number of carbonyl (C=O) groups is 1. The molecule has 0 aromatic carbocycles. The van der Waals surface area contributed by atoms with Crippen LogP contribution in [0.2, 0.25) is 0 Å². The van der Waals surface area contributed by atoms with Crippen molar-refractivity contribution in [2.75, 3.05) is 12.4 Å². The SMILES string of the molecule is Cc1nn(C)c(C)c1CN(C)C(=O)c1cc2n(n1)[C@H](C(F)(F)F)C[C@@H](c1cccs1)N2. The smallest absolute Gasteiger partial charge is 0.363 e. The van der Waals surface area contributed by atoms with Crippen LogP contribution in [0.3, 0.4) is 0 Å². The topological polar surface area (TPSA) is 68.0 Å². The van der Waals surface area contributed by atoms with Crippen molar-refractivity contribution in [2.45, 2.75) is 45.1 Å². The lowest BCUT2D eigenvalue weighted by atomic mass is 10.0. The fourth-order valence-electron chi connectivity index (χ4n) is 3.90. The Labute approximate surface area is 181 Å². The number of nitrogens with one attached hydrogen (secondary N) is 1. The van der Waals surface area contributed by atoms with Gasteiger partial charge in [0.15, 0.2) is 11.7 Å². The number of thiophene rings is 1. The zero-order valence-electron chi connectivity index (χ0n) is 17.6. The van der Waals surface area contributed by atoms with Gasteiger partial charge < -0.3 is 10.2 Å². The number of aryl methyl sites for hydroxylation is 2. The summed E-state index contributed by atoms with van der Waals surface area (Å²) in [6.07, 6.45) is -4.66. The molecule has 0 saturated heterocycles. The predicted molar refractivity (Wildman–Crippen MR) is 111 cm³/mol. The number of carbonyl (C=O) groups excluding carboxylic acids is 1. The van der Waals surface area contributed by atoms with E-state index in [1.807, 2.05) is 32.3 Å². The molecule has 1 amide bonds. The second-order valence-corrected chi connectivity index (χ2v) is 8.78. The maximum absolute atomic E-state index is 13.8. The van der Waals surface area contributed by atoms with Gasteiger partial charge in [0.05, 0.1) is 11.7 Å². The lowest BCUT2D eigenvalue weighted by Crippen LogP contribution is -2.35. The zero-order valence-corrected chi connectivity index (χ0v) is 18.4. The van der Waals surface area contributed by atoms with Crippen molar-refractivity contribution in [3.63, 3.8) is 0 Å². The molecule has 1 aliphatic heterocycles. The van der Waals surface area contributed by atoms with E-state index in [4.69, 9.17) is 0 Å². The van der Waals surface area contributed by atoms with Gasteiger partial charge in [-0.2, -0.15) is 23.4 Å². The number of hydrogen-bond acceptors (Lipinski definition) is 5. The van der Waals surface area contributed by atoms with Gasteiger partial charge in [-0.3, -0.25) is 9.48 Å². The third-order valence-electron chi connectivity index (χ3n) is 5.70. The van der Waals surface area contributed by atoms with Gasteiger partial charge in [0.2, 0.25) is 0 Å². The van der Waals surface area contributed by atoms with E-state index < -0.39 is 24.2 Å². The lowest BCUT2D eigenvalue weighted by molar-refractivity contribution is -0.173. The van der Waals surface area contributed by atoms with Crippen molar-refractivity contribution in [3.8, 4) is 0 Å². The Balaban J connectivity index is 1.62. The third-order valence-corrected chi connectivity index (χ3v) is 6.68. The highest BCUT2D eigenvalue weighted by atomic mass is 32.1. The predicted octanol–water partition coefficient (Wildman–Crippen LogP) is 4.23. The van der Waals surface area contributed by atoms with Gasteiger partial charge >= 0.3 is 6.18 Å². The molecule has 31 heavy (non-hydrogen) atoms. The molecular weight excluding hydrogens is 429 g/mol. The number of hydrogen-bond donors (Lipinski definition) is 1. The first-order valence-electron chi connectivity index (χ1n) is 9.77. The fourth-order valence-corrected chi connectivity index (χ4v) is 4.70. The first-order valence-corrected chi connectivity index (χ1v) is 10.6. The highest BCUT2D eigenvalue weighted by Gasteiger charge is 2.47. The second-order valence-electron chi connectivity index (χ2n) is 7.80. The molecule has 3 aromatic rings. The number of nitrogens with zero attached hydrogens (tertiary/aromatic N) is 5. The van der Waals surface area contributed by atoms with Crippen LogP contribution in [0.4, 0.5) is 19.0 Å². The molecule has 0 unspecified atom stereocenters. The summed E-state index contributed by atoms with van der Waals surface area (Å²) < 4.78 is 44.0. The maximum Gasteiger partial charge on any atom is 0.410 e. The largest absolute Gasteiger partial charge is 0.410 e. The number of rotatable bonds is 4. The monoisotopic (exact) mass is 452 g/mol. The summed E-state index contributed by atoms with van der Waals surface area (Å²) in [5, 5.41) is 13.3. The Hall–Kier alpha value is -2.82. The second kappa shape index (κ2) is 7.70.